The van der Waals surface area contributed by atoms with E-state index in [0.29, 0.717) is 12.2 Å². The molecule has 126 valence electrons. The van der Waals surface area contributed by atoms with Crippen LogP contribution in [-0.4, -0.2) is 29.9 Å². The third kappa shape index (κ3) is 4.57. The minimum atomic E-state index is -0.487. The first-order valence-electron chi connectivity index (χ1n) is 7.71. The predicted molar refractivity (Wildman–Crippen MR) is 93.9 cm³/mol. The van der Waals surface area contributed by atoms with E-state index in [1.165, 1.54) is 0 Å². The molecule has 2 amide bonds. The van der Waals surface area contributed by atoms with Gasteiger partial charge in [0.15, 0.2) is 0 Å². The van der Waals surface area contributed by atoms with E-state index in [-0.39, 0.29) is 23.9 Å². The van der Waals surface area contributed by atoms with Gasteiger partial charge in [0.25, 0.3) is 5.91 Å². The second-order valence-electron chi connectivity index (χ2n) is 5.64. The van der Waals surface area contributed by atoms with Crippen molar-refractivity contribution in [3.8, 4) is 0 Å². The fraction of sp³-hybridized carbons (Fsp3) is 0.222. The smallest absolute Gasteiger partial charge is 0.270 e. The van der Waals surface area contributed by atoms with E-state index in [2.05, 4.69) is 5.32 Å². The average molecular weight is 326 g/mol. The summed E-state index contributed by atoms with van der Waals surface area (Å²) in [7, 11) is 0. The highest BCUT2D eigenvalue weighted by atomic mass is 16.2. The van der Waals surface area contributed by atoms with Crippen LogP contribution in [0.25, 0.3) is 0 Å². The predicted octanol–water partition coefficient (Wildman–Crippen LogP) is 1.50. The van der Waals surface area contributed by atoms with Gasteiger partial charge in [0.2, 0.25) is 5.91 Å². The van der Waals surface area contributed by atoms with Crippen molar-refractivity contribution in [3.63, 3.8) is 0 Å². The van der Waals surface area contributed by atoms with E-state index in [0.717, 1.165) is 10.6 Å². The molecule has 2 aromatic carbocycles. The van der Waals surface area contributed by atoms with Crippen LogP contribution in [0.3, 0.4) is 0 Å². The van der Waals surface area contributed by atoms with Gasteiger partial charge in [0.05, 0.1) is 5.56 Å². The molecule has 0 bridgehead atoms. The Morgan fingerprint density at radius 1 is 1.08 bits per heavy atom. The van der Waals surface area contributed by atoms with Crippen LogP contribution in [0.15, 0.2) is 54.6 Å². The Bertz CT molecular complexity index is 703. The highest BCUT2D eigenvalue weighted by Gasteiger charge is 2.18. The number of nitrogen functional groups attached to an aromatic ring is 1. The molecule has 1 atom stereocenters. The van der Waals surface area contributed by atoms with Gasteiger partial charge >= 0.3 is 0 Å². The maximum Gasteiger partial charge on any atom is 0.270 e. The number of nitrogens with one attached hydrogen (secondary N) is 1. The van der Waals surface area contributed by atoms with Crippen molar-refractivity contribution in [2.75, 3.05) is 18.8 Å². The summed E-state index contributed by atoms with van der Waals surface area (Å²) in [6, 6.07) is 16.5. The van der Waals surface area contributed by atoms with Crippen molar-refractivity contribution in [2.24, 2.45) is 5.84 Å². The minimum Gasteiger partial charge on any atom is -0.398 e. The molecule has 0 aliphatic rings. The molecule has 0 heterocycles. The first-order valence-corrected chi connectivity index (χ1v) is 7.71. The first-order chi connectivity index (χ1) is 11.5. The van der Waals surface area contributed by atoms with Gasteiger partial charge in [0, 0.05) is 12.2 Å². The molecule has 24 heavy (non-hydrogen) atoms. The standard InChI is InChI=1S/C18H22N4O2/c1-13(14-7-3-2-4-8-14)11-21-17(23)12-22(20)18(24)15-9-5-6-10-16(15)19/h2-10,13H,11-12,19-20H2,1H3,(H,21,23). The van der Waals surface area contributed by atoms with E-state index in [9.17, 15) is 9.59 Å². The Morgan fingerprint density at radius 3 is 2.38 bits per heavy atom. The molecule has 0 radical (unpaired) electrons. The zero-order chi connectivity index (χ0) is 17.5. The summed E-state index contributed by atoms with van der Waals surface area (Å²) in [6.07, 6.45) is 0. The topological polar surface area (TPSA) is 101 Å². The Hall–Kier alpha value is -2.86. The number of anilines is 1. The van der Waals surface area contributed by atoms with Crippen molar-refractivity contribution < 1.29 is 9.59 Å². The molecule has 6 heteroatoms. The second kappa shape index (κ2) is 8.12. The van der Waals surface area contributed by atoms with Gasteiger partial charge in [0.1, 0.15) is 6.54 Å². The zero-order valence-electron chi connectivity index (χ0n) is 13.6. The molecule has 2 aromatic rings. The lowest BCUT2D eigenvalue weighted by molar-refractivity contribution is -0.121. The van der Waals surface area contributed by atoms with E-state index in [1.54, 1.807) is 24.3 Å². The number of para-hydroxylation sites is 1. The number of carbonyl (C=O) groups is 2. The fourth-order valence-corrected chi connectivity index (χ4v) is 2.30. The summed E-state index contributed by atoms with van der Waals surface area (Å²) in [5.41, 5.74) is 7.50. The molecule has 0 saturated heterocycles. The van der Waals surface area contributed by atoms with Crippen LogP contribution < -0.4 is 16.9 Å². The molecular formula is C18H22N4O2. The van der Waals surface area contributed by atoms with Crippen LogP contribution >= 0.6 is 0 Å². The van der Waals surface area contributed by atoms with Gasteiger partial charge in [-0.1, -0.05) is 49.4 Å². The molecule has 0 fully saturated rings. The molecule has 6 nitrogen and oxygen atoms in total. The summed E-state index contributed by atoms with van der Waals surface area (Å²) >= 11 is 0. The molecule has 2 rings (SSSR count). The molecule has 0 aliphatic heterocycles. The molecule has 0 aliphatic carbocycles. The monoisotopic (exact) mass is 326 g/mol. The van der Waals surface area contributed by atoms with Crippen molar-refractivity contribution in [1.82, 2.24) is 10.3 Å². The maximum absolute atomic E-state index is 12.2. The molecular weight excluding hydrogens is 304 g/mol. The minimum absolute atomic E-state index is 0.168. The SMILES string of the molecule is CC(CNC(=O)CN(N)C(=O)c1ccccc1N)c1ccccc1. The quantitative estimate of drug-likeness (QED) is 0.324. The van der Waals surface area contributed by atoms with Gasteiger partial charge in [-0.25, -0.2) is 5.84 Å². The van der Waals surface area contributed by atoms with Crippen LogP contribution in [0.1, 0.15) is 28.8 Å². The Labute approximate surface area is 141 Å². The number of amides is 2. The van der Waals surface area contributed by atoms with E-state index < -0.39 is 5.91 Å². The van der Waals surface area contributed by atoms with Gasteiger partial charge < -0.3 is 11.1 Å². The normalized spacial score (nSPS) is 11.6. The van der Waals surface area contributed by atoms with Crippen molar-refractivity contribution in [3.05, 3.63) is 65.7 Å². The van der Waals surface area contributed by atoms with Crippen molar-refractivity contribution in [2.45, 2.75) is 12.8 Å². The number of hydrogen-bond acceptors (Lipinski definition) is 4. The van der Waals surface area contributed by atoms with E-state index >= 15 is 0 Å². The Balaban J connectivity index is 1.86. The average Bonchev–Trinajstić information content (AvgIpc) is 2.60. The third-order valence-electron chi connectivity index (χ3n) is 3.74. The van der Waals surface area contributed by atoms with Crippen LogP contribution in [-0.2, 0) is 4.79 Å². The molecule has 0 saturated carbocycles. The lowest BCUT2D eigenvalue weighted by Crippen LogP contribution is -2.45. The zero-order valence-corrected chi connectivity index (χ0v) is 13.6. The number of nitrogens with two attached hydrogens (primary N) is 2. The van der Waals surface area contributed by atoms with Crippen LogP contribution in [0.5, 0.6) is 0 Å². The fourth-order valence-electron chi connectivity index (χ4n) is 2.30. The van der Waals surface area contributed by atoms with E-state index in [1.807, 2.05) is 37.3 Å². The summed E-state index contributed by atoms with van der Waals surface area (Å²) in [5.74, 6) is 5.07. The van der Waals surface area contributed by atoms with Crippen LogP contribution in [0.2, 0.25) is 0 Å². The van der Waals surface area contributed by atoms with Crippen molar-refractivity contribution in [1.29, 1.82) is 0 Å². The second-order valence-corrected chi connectivity index (χ2v) is 5.64. The van der Waals surface area contributed by atoms with Crippen molar-refractivity contribution >= 4 is 17.5 Å². The van der Waals surface area contributed by atoms with Gasteiger partial charge in [-0.15, -0.1) is 0 Å². The van der Waals surface area contributed by atoms with Gasteiger partial charge in [-0.3, -0.25) is 14.6 Å². The molecule has 1 unspecified atom stereocenters. The number of hydrogen-bond donors (Lipinski definition) is 3. The largest absolute Gasteiger partial charge is 0.398 e. The van der Waals surface area contributed by atoms with Gasteiger partial charge in [-0.2, -0.15) is 0 Å². The van der Waals surface area contributed by atoms with Crippen LogP contribution in [0, 0.1) is 0 Å². The number of hydrazine groups is 1. The summed E-state index contributed by atoms with van der Waals surface area (Å²) < 4.78 is 0. The summed E-state index contributed by atoms with van der Waals surface area (Å²) in [5, 5.41) is 3.66. The van der Waals surface area contributed by atoms with E-state index in [4.69, 9.17) is 11.6 Å². The third-order valence-corrected chi connectivity index (χ3v) is 3.74. The lowest BCUT2D eigenvalue weighted by atomic mass is 10.0. The maximum atomic E-state index is 12.2. The number of carbonyl (C=O) groups excluding carboxylic acids is 2. The highest BCUT2D eigenvalue weighted by molar-refractivity contribution is 6.00. The molecule has 0 aromatic heterocycles. The lowest BCUT2D eigenvalue weighted by Gasteiger charge is -2.18. The van der Waals surface area contributed by atoms with Gasteiger partial charge in [-0.05, 0) is 23.6 Å². The number of rotatable bonds is 6. The molecule has 5 N–H and O–H groups in total. The highest BCUT2D eigenvalue weighted by Crippen LogP contribution is 2.13. The summed E-state index contributed by atoms with van der Waals surface area (Å²) in [4.78, 5) is 24.2. The number of nitrogens with zero attached hydrogens (tertiary/aromatic N) is 1. The molecule has 0 spiro atoms. The Kier molecular flexibility index (Phi) is 5.92. The van der Waals surface area contributed by atoms with Crippen LogP contribution in [0.4, 0.5) is 5.69 Å². The first kappa shape index (κ1) is 17.5. The number of benzene rings is 2. The summed E-state index contributed by atoms with van der Waals surface area (Å²) in [6.45, 7) is 2.26. The Morgan fingerprint density at radius 2 is 1.71 bits per heavy atom.